The van der Waals surface area contributed by atoms with Crippen molar-refractivity contribution in [2.75, 3.05) is 6.54 Å². The third-order valence-electron chi connectivity index (χ3n) is 4.84. The van der Waals surface area contributed by atoms with Gasteiger partial charge in [0, 0.05) is 12.7 Å². The summed E-state index contributed by atoms with van der Waals surface area (Å²) >= 11 is 0. The predicted octanol–water partition coefficient (Wildman–Crippen LogP) is 3.20. The Morgan fingerprint density at radius 1 is 1.27 bits per heavy atom. The topological polar surface area (TPSA) is 76.3 Å². The molecule has 0 radical (unpaired) electrons. The summed E-state index contributed by atoms with van der Waals surface area (Å²) < 4.78 is 13.7. The minimum atomic E-state index is -0.799. The van der Waals surface area contributed by atoms with Gasteiger partial charge in [-0.25, -0.2) is 4.39 Å². The molecule has 1 aliphatic rings. The lowest BCUT2D eigenvalue weighted by Gasteiger charge is -2.21. The first kappa shape index (κ1) is 18.0. The molecule has 0 aliphatic carbocycles. The molecule has 6 heteroatoms. The number of carbonyl (C=O) groups excluding carboxylic acids is 2. The molecule has 26 heavy (non-hydrogen) atoms. The average Bonchev–Trinajstić information content (AvgIpc) is 2.90. The van der Waals surface area contributed by atoms with E-state index in [4.69, 9.17) is 5.73 Å². The number of hydrogen-bond donors (Lipinski definition) is 1. The molecule has 1 unspecified atom stereocenters. The summed E-state index contributed by atoms with van der Waals surface area (Å²) in [5, 5.41) is 0. The summed E-state index contributed by atoms with van der Waals surface area (Å²) in [5.41, 5.74) is 8.32. The highest BCUT2D eigenvalue weighted by molar-refractivity contribution is 5.98. The first-order chi connectivity index (χ1) is 12.3. The van der Waals surface area contributed by atoms with Gasteiger partial charge in [-0.3, -0.25) is 14.6 Å². The number of primary amides is 1. The van der Waals surface area contributed by atoms with Crippen LogP contribution in [0.4, 0.5) is 4.39 Å². The molecule has 1 aliphatic heterocycles. The number of nitrogens with zero attached hydrogens (tertiary/aromatic N) is 2. The maximum atomic E-state index is 13.7. The van der Waals surface area contributed by atoms with Gasteiger partial charge in [-0.05, 0) is 41.2 Å². The van der Waals surface area contributed by atoms with Gasteiger partial charge >= 0.3 is 0 Å². The monoisotopic (exact) mass is 355 g/mol. The smallest absolute Gasteiger partial charge is 0.256 e. The standard InChI is InChI=1S/C20H22FN3O2/c1-11(2)14-7-16-18(23-8-14)10-24(20(16)26)9-12(3)13-4-5-17(21)15(6-13)19(22)25/h4-8,11-12H,9-10H2,1-3H3,(H2,22,25). The second kappa shape index (κ2) is 6.86. The quantitative estimate of drug-likeness (QED) is 0.895. The summed E-state index contributed by atoms with van der Waals surface area (Å²) in [5.74, 6) is -1.24. The van der Waals surface area contributed by atoms with Crippen molar-refractivity contribution in [3.63, 3.8) is 0 Å². The number of benzene rings is 1. The molecule has 2 heterocycles. The maximum absolute atomic E-state index is 13.7. The van der Waals surface area contributed by atoms with E-state index in [1.807, 2.05) is 19.2 Å². The van der Waals surface area contributed by atoms with Crippen molar-refractivity contribution < 1.29 is 14.0 Å². The van der Waals surface area contributed by atoms with Crippen LogP contribution in [0.5, 0.6) is 0 Å². The van der Waals surface area contributed by atoms with E-state index in [1.165, 1.54) is 12.1 Å². The minimum Gasteiger partial charge on any atom is -0.366 e. The molecule has 0 saturated carbocycles. The van der Waals surface area contributed by atoms with Crippen LogP contribution >= 0.6 is 0 Å². The molecule has 1 aromatic carbocycles. The zero-order chi connectivity index (χ0) is 19.0. The van der Waals surface area contributed by atoms with Crippen LogP contribution in [0, 0.1) is 5.82 Å². The Morgan fingerprint density at radius 3 is 2.65 bits per heavy atom. The van der Waals surface area contributed by atoms with E-state index in [0.717, 1.165) is 16.8 Å². The molecule has 3 rings (SSSR count). The normalized spacial score (nSPS) is 14.7. The zero-order valence-corrected chi connectivity index (χ0v) is 15.1. The Morgan fingerprint density at radius 2 is 2.00 bits per heavy atom. The van der Waals surface area contributed by atoms with E-state index in [1.54, 1.807) is 11.0 Å². The highest BCUT2D eigenvalue weighted by Crippen LogP contribution is 2.27. The molecule has 0 saturated heterocycles. The number of pyridine rings is 1. The van der Waals surface area contributed by atoms with Gasteiger partial charge in [-0.2, -0.15) is 0 Å². The van der Waals surface area contributed by atoms with Crippen molar-refractivity contribution >= 4 is 11.8 Å². The Hall–Kier alpha value is -2.76. The molecule has 0 spiro atoms. The van der Waals surface area contributed by atoms with Gasteiger partial charge in [0.2, 0.25) is 0 Å². The van der Waals surface area contributed by atoms with Crippen LogP contribution in [0.3, 0.4) is 0 Å². The number of rotatable bonds is 5. The lowest BCUT2D eigenvalue weighted by Crippen LogP contribution is -2.28. The van der Waals surface area contributed by atoms with Crippen LogP contribution in [0.2, 0.25) is 0 Å². The fourth-order valence-electron chi connectivity index (χ4n) is 3.18. The van der Waals surface area contributed by atoms with Crippen LogP contribution < -0.4 is 5.73 Å². The van der Waals surface area contributed by atoms with Gasteiger partial charge in [-0.1, -0.05) is 26.8 Å². The third kappa shape index (κ3) is 3.31. The summed E-state index contributed by atoms with van der Waals surface area (Å²) in [6, 6.07) is 6.24. The third-order valence-corrected chi connectivity index (χ3v) is 4.84. The zero-order valence-electron chi connectivity index (χ0n) is 15.1. The fraction of sp³-hybridized carbons (Fsp3) is 0.350. The number of hydrogen-bond acceptors (Lipinski definition) is 3. The van der Waals surface area contributed by atoms with Gasteiger partial charge in [0.1, 0.15) is 5.82 Å². The van der Waals surface area contributed by atoms with Crippen LogP contribution in [-0.4, -0.2) is 28.2 Å². The summed E-state index contributed by atoms with van der Waals surface area (Å²) in [6.07, 6.45) is 1.82. The summed E-state index contributed by atoms with van der Waals surface area (Å²) in [7, 11) is 0. The summed E-state index contributed by atoms with van der Waals surface area (Å²) in [6.45, 7) is 6.97. The van der Waals surface area contributed by atoms with Crippen molar-refractivity contribution in [1.29, 1.82) is 0 Å². The molecule has 1 atom stereocenters. The minimum absolute atomic E-state index is 0.0425. The highest BCUT2D eigenvalue weighted by Gasteiger charge is 2.30. The molecule has 5 nitrogen and oxygen atoms in total. The van der Waals surface area contributed by atoms with E-state index in [-0.39, 0.29) is 17.4 Å². The lowest BCUT2D eigenvalue weighted by atomic mass is 9.98. The molecule has 2 amide bonds. The van der Waals surface area contributed by atoms with Crippen LogP contribution in [0.25, 0.3) is 0 Å². The molecule has 0 fully saturated rings. The number of amides is 2. The van der Waals surface area contributed by atoms with Crippen molar-refractivity contribution in [3.8, 4) is 0 Å². The van der Waals surface area contributed by atoms with Gasteiger partial charge in [0.05, 0.1) is 23.4 Å². The van der Waals surface area contributed by atoms with Crippen molar-refractivity contribution in [3.05, 3.63) is 64.2 Å². The largest absolute Gasteiger partial charge is 0.366 e. The number of aromatic nitrogens is 1. The van der Waals surface area contributed by atoms with E-state index >= 15 is 0 Å². The first-order valence-electron chi connectivity index (χ1n) is 8.65. The first-order valence-corrected chi connectivity index (χ1v) is 8.65. The Balaban J connectivity index is 1.79. The van der Waals surface area contributed by atoms with Gasteiger partial charge in [-0.15, -0.1) is 0 Å². The fourth-order valence-corrected chi connectivity index (χ4v) is 3.18. The maximum Gasteiger partial charge on any atom is 0.256 e. The number of halogens is 1. The molecule has 2 N–H and O–H groups in total. The Labute approximate surface area is 152 Å². The second-order valence-corrected chi connectivity index (χ2v) is 7.11. The van der Waals surface area contributed by atoms with E-state index < -0.39 is 11.7 Å². The Kier molecular flexibility index (Phi) is 4.76. The van der Waals surface area contributed by atoms with Gasteiger partial charge < -0.3 is 10.6 Å². The van der Waals surface area contributed by atoms with Crippen molar-refractivity contribution in [1.82, 2.24) is 9.88 Å². The number of carbonyl (C=O) groups is 2. The van der Waals surface area contributed by atoms with E-state index in [0.29, 0.717) is 24.6 Å². The number of nitrogens with two attached hydrogens (primary N) is 1. The van der Waals surface area contributed by atoms with Crippen LogP contribution in [0.1, 0.15) is 70.1 Å². The van der Waals surface area contributed by atoms with Crippen LogP contribution in [0.15, 0.2) is 30.5 Å². The molecular weight excluding hydrogens is 333 g/mol. The van der Waals surface area contributed by atoms with E-state index in [2.05, 4.69) is 18.8 Å². The second-order valence-electron chi connectivity index (χ2n) is 7.11. The molecule has 1 aromatic heterocycles. The SMILES string of the molecule is CC(C)c1cnc2c(c1)C(=O)N(CC(C)c1ccc(F)c(C(N)=O)c1)C2. The number of fused-ring (bicyclic) bond motifs is 1. The summed E-state index contributed by atoms with van der Waals surface area (Å²) in [4.78, 5) is 30.2. The molecular formula is C20H22FN3O2. The molecule has 2 aromatic rings. The van der Waals surface area contributed by atoms with Gasteiger partial charge in [0.25, 0.3) is 11.8 Å². The molecule has 136 valence electrons. The van der Waals surface area contributed by atoms with Crippen molar-refractivity contribution in [2.24, 2.45) is 5.73 Å². The van der Waals surface area contributed by atoms with E-state index in [9.17, 15) is 14.0 Å². The lowest BCUT2D eigenvalue weighted by molar-refractivity contribution is 0.0769. The van der Waals surface area contributed by atoms with Gasteiger partial charge in [0.15, 0.2) is 0 Å². The van der Waals surface area contributed by atoms with Crippen molar-refractivity contribution in [2.45, 2.75) is 39.2 Å². The van der Waals surface area contributed by atoms with Crippen LogP contribution in [-0.2, 0) is 6.54 Å². The average molecular weight is 355 g/mol. The predicted molar refractivity (Wildman–Crippen MR) is 96.4 cm³/mol. The molecule has 0 bridgehead atoms. The Bertz CT molecular complexity index is 879. The highest BCUT2D eigenvalue weighted by atomic mass is 19.1.